The lowest BCUT2D eigenvalue weighted by molar-refractivity contribution is 0.0508. The van der Waals surface area contributed by atoms with Gasteiger partial charge >= 0.3 is 0 Å². The summed E-state index contributed by atoms with van der Waals surface area (Å²) in [7, 11) is 0. The summed E-state index contributed by atoms with van der Waals surface area (Å²) < 4.78 is 0. The molecule has 0 radical (unpaired) electrons. The quantitative estimate of drug-likeness (QED) is 0.732. The zero-order valence-electron chi connectivity index (χ0n) is 16.1. The van der Waals surface area contributed by atoms with Crippen LogP contribution in [0.5, 0.6) is 0 Å². The number of hydrogen-bond acceptors (Lipinski definition) is 5. The van der Waals surface area contributed by atoms with Crippen LogP contribution in [0, 0.1) is 11.3 Å². The molecule has 1 aromatic carbocycles. The van der Waals surface area contributed by atoms with Gasteiger partial charge in [0, 0.05) is 61.7 Å². The number of hydrogen-bond donors (Lipinski definition) is 2. The Morgan fingerprint density at radius 2 is 1.89 bits per heavy atom. The molecular weight excluding hydrogens is 350 g/mol. The molecule has 3 aromatic rings. The van der Waals surface area contributed by atoms with Crippen LogP contribution in [0.1, 0.15) is 18.4 Å². The summed E-state index contributed by atoms with van der Waals surface area (Å²) in [5.41, 5.74) is 2.75. The zero-order chi connectivity index (χ0) is 19.0. The number of nitrogens with one attached hydrogen (secondary N) is 1. The van der Waals surface area contributed by atoms with E-state index in [1.54, 1.807) is 12.4 Å². The third-order valence-electron chi connectivity index (χ3n) is 6.79. The summed E-state index contributed by atoms with van der Waals surface area (Å²) in [4.78, 5) is 17.0. The van der Waals surface area contributed by atoms with Crippen molar-refractivity contribution >= 4 is 16.9 Å². The molecule has 28 heavy (non-hydrogen) atoms. The molecule has 0 bridgehead atoms. The Morgan fingerprint density at radius 1 is 1.11 bits per heavy atom. The van der Waals surface area contributed by atoms with Crippen LogP contribution in [0.2, 0.25) is 0 Å². The van der Waals surface area contributed by atoms with Crippen LogP contribution in [0.25, 0.3) is 10.9 Å². The van der Waals surface area contributed by atoms with Gasteiger partial charge in [-0.1, -0.05) is 18.2 Å². The Morgan fingerprint density at radius 3 is 2.68 bits per heavy atom. The molecule has 4 heterocycles. The number of nitrogens with zero attached hydrogens (tertiary/aromatic N) is 4. The van der Waals surface area contributed by atoms with Crippen molar-refractivity contribution in [3.8, 4) is 0 Å². The van der Waals surface area contributed by atoms with Crippen molar-refractivity contribution in [3.05, 3.63) is 54.5 Å². The van der Waals surface area contributed by atoms with Gasteiger partial charge in [-0.25, -0.2) is 9.97 Å². The van der Waals surface area contributed by atoms with Gasteiger partial charge in [-0.3, -0.25) is 4.90 Å². The highest BCUT2D eigenvalue weighted by Crippen LogP contribution is 2.45. The number of aromatic amines is 1. The summed E-state index contributed by atoms with van der Waals surface area (Å²) in [6.07, 6.45) is 7.97. The second-order valence-electron chi connectivity index (χ2n) is 8.31. The van der Waals surface area contributed by atoms with Gasteiger partial charge < -0.3 is 15.0 Å². The molecule has 6 heteroatoms. The number of rotatable bonds is 4. The van der Waals surface area contributed by atoms with E-state index < -0.39 is 0 Å². The minimum absolute atomic E-state index is 0.171. The largest absolute Gasteiger partial charge is 0.396 e. The Kier molecular flexibility index (Phi) is 4.53. The van der Waals surface area contributed by atoms with Gasteiger partial charge in [-0.15, -0.1) is 0 Å². The van der Waals surface area contributed by atoms with Crippen LogP contribution in [0.3, 0.4) is 0 Å². The molecular formula is C22H27N5O. The lowest BCUT2D eigenvalue weighted by Gasteiger charge is -2.42. The van der Waals surface area contributed by atoms with Crippen molar-refractivity contribution in [1.82, 2.24) is 19.9 Å². The van der Waals surface area contributed by atoms with E-state index in [2.05, 4.69) is 55.2 Å². The van der Waals surface area contributed by atoms with Gasteiger partial charge in [0.2, 0.25) is 5.95 Å². The topological polar surface area (TPSA) is 68.3 Å². The first-order chi connectivity index (χ1) is 13.8. The molecule has 6 nitrogen and oxygen atoms in total. The number of likely N-dealkylation sites (tertiary alicyclic amines) is 1. The Labute approximate surface area is 165 Å². The van der Waals surface area contributed by atoms with Gasteiger partial charge in [0.05, 0.1) is 0 Å². The SMILES string of the molecule is OCC1CN(c2ncccn2)CC12CCN(Cc1c[nH]c3ccccc13)CC2. The molecule has 0 aliphatic carbocycles. The number of aliphatic hydroxyl groups excluding tert-OH is 1. The summed E-state index contributed by atoms with van der Waals surface area (Å²) >= 11 is 0. The third-order valence-corrected chi connectivity index (χ3v) is 6.79. The van der Waals surface area contributed by atoms with Crippen LogP contribution in [0.15, 0.2) is 48.9 Å². The maximum atomic E-state index is 10.1. The fraction of sp³-hybridized carbons (Fsp3) is 0.455. The average molecular weight is 377 g/mol. The predicted octanol–water partition coefficient (Wildman–Crippen LogP) is 2.67. The van der Waals surface area contributed by atoms with Gasteiger partial charge in [-0.2, -0.15) is 0 Å². The number of aliphatic hydroxyl groups is 1. The molecule has 1 unspecified atom stereocenters. The van der Waals surface area contributed by atoms with Crippen LogP contribution in [0.4, 0.5) is 5.95 Å². The van der Waals surface area contributed by atoms with E-state index in [1.165, 1.54) is 16.5 Å². The maximum Gasteiger partial charge on any atom is 0.225 e. The second kappa shape index (κ2) is 7.18. The lowest BCUT2D eigenvalue weighted by Crippen LogP contribution is -2.44. The predicted molar refractivity (Wildman–Crippen MR) is 110 cm³/mol. The lowest BCUT2D eigenvalue weighted by atomic mass is 9.71. The first-order valence-corrected chi connectivity index (χ1v) is 10.2. The number of anilines is 1. The number of benzene rings is 1. The first-order valence-electron chi connectivity index (χ1n) is 10.2. The summed E-state index contributed by atoms with van der Waals surface area (Å²) in [6.45, 7) is 5.16. The van der Waals surface area contributed by atoms with Crippen molar-refractivity contribution in [1.29, 1.82) is 0 Å². The maximum absolute atomic E-state index is 10.1. The number of H-pyrrole nitrogens is 1. The van der Waals surface area contributed by atoms with Crippen molar-refractivity contribution in [2.75, 3.05) is 37.7 Å². The number of aromatic nitrogens is 3. The Bertz CT molecular complexity index is 932. The molecule has 2 aliphatic heterocycles. The smallest absolute Gasteiger partial charge is 0.225 e. The van der Waals surface area contributed by atoms with Gasteiger partial charge in [0.1, 0.15) is 0 Å². The molecule has 2 N–H and O–H groups in total. The first kappa shape index (κ1) is 17.6. The van der Waals surface area contributed by atoms with E-state index in [-0.39, 0.29) is 12.0 Å². The van der Waals surface area contributed by atoms with Crippen molar-refractivity contribution in [2.24, 2.45) is 11.3 Å². The normalized spacial score (nSPS) is 22.3. The standard InChI is InChI=1S/C22H27N5O/c28-15-18-14-27(21-23-8-3-9-24-21)16-22(18)6-10-26(11-7-22)13-17-12-25-20-5-2-1-4-19(17)20/h1-5,8-9,12,18,25,28H,6-7,10-11,13-16H2. The van der Waals surface area contributed by atoms with Crippen molar-refractivity contribution in [2.45, 2.75) is 19.4 Å². The van der Waals surface area contributed by atoms with Crippen LogP contribution >= 0.6 is 0 Å². The Balaban J connectivity index is 1.28. The molecule has 2 aromatic heterocycles. The van der Waals surface area contributed by atoms with Gasteiger partial charge in [0.15, 0.2) is 0 Å². The highest BCUT2D eigenvalue weighted by Gasteiger charge is 2.48. The highest BCUT2D eigenvalue weighted by molar-refractivity contribution is 5.82. The van der Waals surface area contributed by atoms with E-state index in [0.29, 0.717) is 5.92 Å². The number of fused-ring (bicyclic) bond motifs is 1. The zero-order valence-corrected chi connectivity index (χ0v) is 16.1. The Hall–Kier alpha value is -2.44. The van der Waals surface area contributed by atoms with Crippen LogP contribution in [-0.4, -0.2) is 57.7 Å². The van der Waals surface area contributed by atoms with E-state index in [9.17, 15) is 5.11 Å². The third kappa shape index (κ3) is 3.06. The molecule has 0 saturated carbocycles. The van der Waals surface area contributed by atoms with Crippen LogP contribution < -0.4 is 4.90 Å². The fourth-order valence-electron chi connectivity index (χ4n) is 5.12. The minimum atomic E-state index is 0.171. The highest BCUT2D eigenvalue weighted by atomic mass is 16.3. The summed E-state index contributed by atoms with van der Waals surface area (Å²) in [5, 5.41) is 11.4. The van der Waals surface area contributed by atoms with Crippen molar-refractivity contribution in [3.63, 3.8) is 0 Å². The molecule has 2 aliphatic rings. The fourth-order valence-corrected chi connectivity index (χ4v) is 5.12. The monoisotopic (exact) mass is 377 g/mol. The number of piperidine rings is 1. The van der Waals surface area contributed by atoms with Crippen molar-refractivity contribution < 1.29 is 5.11 Å². The van der Waals surface area contributed by atoms with E-state index >= 15 is 0 Å². The summed E-state index contributed by atoms with van der Waals surface area (Å²) in [5.74, 6) is 1.09. The van der Waals surface area contributed by atoms with E-state index in [4.69, 9.17) is 0 Å². The minimum Gasteiger partial charge on any atom is -0.396 e. The van der Waals surface area contributed by atoms with Gasteiger partial charge in [-0.05, 0) is 49.0 Å². The molecule has 2 fully saturated rings. The van der Waals surface area contributed by atoms with Crippen LogP contribution in [-0.2, 0) is 6.54 Å². The van der Waals surface area contributed by atoms with E-state index in [0.717, 1.165) is 51.5 Å². The second-order valence-corrected chi connectivity index (χ2v) is 8.31. The summed E-state index contributed by atoms with van der Waals surface area (Å²) in [6, 6.07) is 10.4. The van der Waals surface area contributed by atoms with E-state index in [1.807, 2.05) is 6.07 Å². The molecule has 0 amide bonds. The molecule has 1 spiro atoms. The molecule has 5 rings (SSSR count). The number of para-hydroxylation sites is 1. The van der Waals surface area contributed by atoms with Gasteiger partial charge in [0.25, 0.3) is 0 Å². The average Bonchev–Trinajstić information content (AvgIpc) is 3.32. The molecule has 2 saturated heterocycles. The molecule has 1 atom stereocenters. The molecule has 146 valence electrons.